The van der Waals surface area contributed by atoms with Crippen molar-refractivity contribution < 1.29 is 64.6 Å². The predicted molar refractivity (Wildman–Crippen MR) is 369 cm³/mol. The molecule has 0 aromatic heterocycles. The van der Waals surface area contributed by atoms with Gasteiger partial charge in [-0.15, -0.1) is 0 Å². The van der Waals surface area contributed by atoms with Gasteiger partial charge in [-0.1, -0.05) is 305 Å². The Morgan fingerprint density at radius 2 is 0.778 bits per heavy atom. The summed E-state index contributed by atoms with van der Waals surface area (Å²) < 4.78 is 22.8. The molecule has 2 rings (SSSR count). The van der Waals surface area contributed by atoms with E-state index in [1.807, 2.05) is 6.08 Å². The summed E-state index contributed by atoms with van der Waals surface area (Å²) in [5.41, 5.74) is 0. The quantitative estimate of drug-likeness (QED) is 0.0204. The largest absolute Gasteiger partial charge is 0.394 e. The standard InChI is InChI=1S/C76H137NO13/c1-3-5-7-9-11-13-15-17-19-21-23-24-25-26-27-28-29-30-31-32-33-34-35-36-37-38-39-40-42-44-46-48-50-52-54-56-58-60-68(81)77-64(65(80)59-57-55-53-51-49-47-45-43-41-22-20-18-16-14-12-10-8-6-4-2)63-87-75-73(86)71(84)74(67(62-79)89-75)90-76-72(85)70(83)69(82)66(61-78)88-76/h5,7,11,13,17,19,23-24,49,51,57,59,64-67,69-76,78-80,82-86H,3-4,6,8-10,12,14-16,18,20-22,25-48,50,52-56,58,60-63H2,1-2H3,(H,77,81)/b7-5-,13-11-,19-17-,24-23-,51-49+,59-57+. The number of aliphatic hydroxyl groups excluding tert-OH is 8. The minimum absolute atomic E-state index is 0.245. The number of carbonyl (C=O) groups is 1. The molecule has 0 aliphatic carbocycles. The van der Waals surface area contributed by atoms with Gasteiger partial charge >= 0.3 is 0 Å². The van der Waals surface area contributed by atoms with Crippen molar-refractivity contribution in [2.24, 2.45) is 0 Å². The summed E-state index contributed by atoms with van der Waals surface area (Å²) >= 11 is 0. The third-order valence-electron chi connectivity index (χ3n) is 17.9. The van der Waals surface area contributed by atoms with Crippen molar-refractivity contribution in [2.75, 3.05) is 19.8 Å². The van der Waals surface area contributed by atoms with Crippen molar-refractivity contribution in [3.63, 3.8) is 0 Å². The molecular weight excluding hydrogens is 1130 g/mol. The van der Waals surface area contributed by atoms with E-state index >= 15 is 0 Å². The molecule has 2 heterocycles. The lowest BCUT2D eigenvalue weighted by molar-refractivity contribution is -0.359. The molecule has 1 amide bonds. The van der Waals surface area contributed by atoms with Crippen molar-refractivity contribution in [2.45, 2.75) is 383 Å². The van der Waals surface area contributed by atoms with Crippen LogP contribution in [0.2, 0.25) is 0 Å². The van der Waals surface area contributed by atoms with Crippen LogP contribution in [0, 0.1) is 0 Å². The molecule has 0 radical (unpaired) electrons. The Morgan fingerprint density at radius 3 is 1.22 bits per heavy atom. The smallest absolute Gasteiger partial charge is 0.220 e. The number of amides is 1. The second kappa shape index (κ2) is 60.1. The first-order chi connectivity index (χ1) is 44.1. The fraction of sp³-hybridized carbons (Fsp3) is 0.829. The van der Waals surface area contributed by atoms with Gasteiger partial charge in [-0.25, -0.2) is 0 Å². The summed E-state index contributed by atoms with van der Waals surface area (Å²) in [6.45, 7) is 2.70. The zero-order valence-corrected chi connectivity index (χ0v) is 57.1. The molecule has 90 heavy (non-hydrogen) atoms. The molecule has 524 valence electrons. The van der Waals surface area contributed by atoms with Gasteiger partial charge in [0.2, 0.25) is 5.91 Å². The molecule has 14 nitrogen and oxygen atoms in total. The van der Waals surface area contributed by atoms with Crippen LogP contribution in [0.1, 0.15) is 309 Å². The summed E-state index contributed by atoms with van der Waals surface area (Å²) in [5, 5.41) is 87.4. The van der Waals surface area contributed by atoms with Gasteiger partial charge in [0.1, 0.15) is 48.8 Å². The highest BCUT2D eigenvalue weighted by Crippen LogP contribution is 2.30. The number of hydrogen-bond donors (Lipinski definition) is 9. The SMILES string of the molecule is CC/C=C\C/C=C\C/C=C\C/C=C\CCCCCCCCCCCCCCCCCCCCCCCCCCC(=O)NC(COC1OC(CO)C(OC2OC(CO)C(O)C(O)C2O)C(O)C1O)C(O)/C=C/CC/C=C/CCCCCCCCCCCCCCC. The van der Waals surface area contributed by atoms with Gasteiger partial charge in [-0.05, 0) is 70.6 Å². The number of allylic oxidation sites excluding steroid dienone is 11. The van der Waals surface area contributed by atoms with E-state index in [4.69, 9.17) is 18.9 Å². The molecule has 2 aliphatic rings. The number of hydrogen-bond acceptors (Lipinski definition) is 13. The first-order valence-electron chi connectivity index (χ1n) is 37.2. The number of aliphatic hydroxyl groups is 8. The molecule has 2 aliphatic heterocycles. The van der Waals surface area contributed by atoms with Crippen molar-refractivity contribution in [1.82, 2.24) is 5.32 Å². The lowest BCUT2D eigenvalue weighted by Crippen LogP contribution is -2.65. The van der Waals surface area contributed by atoms with E-state index < -0.39 is 86.8 Å². The highest BCUT2D eigenvalue weighted by atomic mass is 16.7. The van der Waals surface area contributed by atoms with Crippen LogP contribution in [-0.4, -0.2) is 140 Å². The molecule has 12 atom stereocenters. The molecule has 0 aromatic carbocycles. The van der Waals surface area contributed by atoms with E-state index in [1.165, 1.54) is 218 Å². The molecule has 0 aromatic rings. The van der Waals surface area contributed by atoms with Crippen molar-refractivity contribution in [3.05, 3.63) is 72.9 Å². The first kappa shape index (κ1) is 83.5. The van der Waals surface area contributed by atoms with Gasteiger partial charge in [-0.2, -0.15) is 0 Å². The zero-order chi connectivity index (χ0) is 65.2. The summed E-state index contributed by atoms with van der Waals surface area (Å²) in [6.07, 6.45) is 65.5. The Morgan fingerprint density at radius 1 is 0.411 bits per heavy atom. The number of ether oxygens (including phenoxy) is 4. The van der Waals surface area contributed by atoms with Gasteiger partial charge in [-0.3, -0.25) is 4.79 Å². The number of carbonyl (C=O) groups excluding carboxylic acids is 1. The molecule has 2 saturated heterocycles. The second-order valence-corrected chi connectivity index (χ2v) is 26.0. The van der Waals surface area contributed by atoms with Crippen LogP contribution < -0.4 is 5.32 Å². The summed E-state index contributed by atoms with van der Waals surface area (Å²) in [5.74, 6) is -0.245. The van der Waals surface area contributed by atoms with Crippen molar-refractivity contribution in [1.29, 1.82) is 0 Å². The molecule has 2 fully saturated rings. The van der Waals surface area contributed by atoms with E-state index in [2.05, 4.69) is 79.9 Å². The topological polar surface area (TPSA) is 228 Å². The normalized spacial score (nSPS) is 23.3. The van der Waals surface area contributed by atoms with Crippen LogP contribution in [0.4, 0.5) is 0 Å². The maximum absolute atomic E-state index is 13.3. The Bertz CT molecular complexity index is 1790. The number of unbranched alkanes of at least 4 members (excludes halogenated alkanes) is 38. The van der Waals surface area contributed by atoms with Crippen LogP contribution in [0.5, 0.6) is 0 Å². The summed E-state index contributed by atoms with van der Waals surface area (Å²) in [4.78, 5) is 13.3. The zero-order valence-electron chi connectivity index (χ0n) is 57.1. The van der Waals surface area contributed by atoms with Crippen LogP contribution in [0.25, 0.3) is 0 Å². The highest BCUT2D eigenvalue weighted by Gasteiger charge is 2.51. The van der Waals surface area contributed by atoms with Crippen molar-refractivity contribution in [3.8, 4) is 0 Å². The molecule has 0 spiro atoms. The number of rotatable bonds is 61. The maximum Gasteiger partial charge on any atom is 0.220 e. The third kappa shape index (κ3) is 43.4. The average Bonchev–Trinajstić information content (AvgIpc) is 1.58. The van der Waals surface area contributed by atoms with Gasteiger partial charge in [0.15, 0.2) is 12.6 Å². The van der Waals surface area contributed by atoms with Crippen LogP contribution in [-0.2, 0) is 23.7 Å². The third-order valence-corrected chi connectivity index (χ3v) is 17.9. The Balaban J connectivity index is 1.60. The van der Waals surface area contributed by atoms with E-state index in [1.54, 1.807) is 6.08 Å². The molecular formula is C76H137NO13. The van der Waals surface area contributed by atoms with Crippen LogP contribution in [0.3, 0.4) is 0 Å². The second-order valence-electron chi connectivity index (χ2n) is 26.0. The summed E-state index contributed by atoms with van der Waals surface area (Å²) in [7, 11) is 0. The fourth-order valence-electron chi connectivity index (χ4n) is 12.0. The Labute approximate surface area is 548 Å². The highest BCUT2D eigenvalue weighted by molar-refractivity contribution is 5.76. The van der Waals surface area contributed by atoms with Crippen molar-refractivity contribution >= 4 is 5.91 Å². The molecule has 12 unspecified atom stereocenters. The van der Waals surface area contributed by atoms with E-state index in [-0.39, 0.29) is 18.9 Å². The molecule has 9 N–H and O–H groups in total. The minimum Gasteiger partial charge on any atom is -0.394 e. The fourth-order valence-corrected chi connectivity index (χ4v) is 12.0. The average molecular weight is 1270 g/mol. The lowest BCUT2D eigenvalue weighted by atomic mass is 9.97. The van der Waals surface area contributed by atoms with Gasteiger partial charge in [0.05, 0.1) is 32.0 Å². The Hall–Kier alpha value is -2.57. The van der Waals surface area contributed by atoms with E-state index in [9.17, 15) is 45.6 Å². The van der Waals surface area contributed by atoms with Gasteiger partial charge in [0.25, 0.3) is 0 Å². The first-order valence-corrected chi connectivity index (χ1v) is 37.2. The van der Waals surface area contributed by atoms with E-state index in [0.717, 1.165) is 57.8 Å². The molecule has 14 heteroatoms. The summed E-state index contributed by atoms with van der Waals surface area (Å²) in [6, 6.07) is -0.933. The Kier molecular flexibility index (Phi) is 55.8. The monoisotopic (exact) mass is 1270 g/mol. The van der Waals surface area contributed by atoms with Gasteiger partial charge < -0.3 is 65.1 Å². The van der Waals surface area contributed by atoms with Crippen LogP contribution in [0.15, 0.2) is 72.9 Å². The van der Waals surface area contributed by atoms with E-state index in [0.29, 0.717) is 12.8 Å². The maximum atomic E-state index is 13.3. The number of nitrogens with one attached hydrogen (secondary N) is 1. The molecule has 0 saturated carbocycles. The predicted octanol–water partition coefficient (Wildman–Crippen LogP) is 15.8. The minimum atomic E-state index is -1.79. The lowest BCUT2D eigenvalue weighted by Gasteiger charge is -2.46. The molecule has 0 bridgehead atoms. The van der Waals surface area contributed by atoms with Gasteiger partial charge in [0, 0.05) is 6.42 Å². The van der Waals surface area contributed by atoms with Crippen LogP contribution >= 0.6 is 0 Å².